The van der Waals surface area contributed by atoms with Gasteiger partial charge in [-0.1, -0.05) is 0 Å². The van der Waals surface area contributed by atoms with Gasteiger partial charge < -0.3 is 20.4 Å². The second-order valence-corrected chi connectivity index (χ2v) is 2.17. The van der Waals surface area contributed by atoms with Crippen LogP contribution in [0.15, 0.2) is 0 Å². The Kier molecular flexibility index (Phi) is 4.55. The first-order valence-electron chi connectivity index (χ1n) is 3.08. The van der Waals surface area contributed by atoms with Gasteiger partial charge in [0.25, 0.3) is 0 Å². The van der Waals surface area contributed by atoms with Crippen molar-refractivity contribution in [2.75, 3.05) is 6.61 Å². The maximum absolute atomic E-state index is 8.86. The standard InChI is InChI=1S/C6H13O4/c1-4(8)2-5(9)6(10)3-7/h2,4-10H,3H2,1H3. The van der Waals surface area contributed by atoms with E-state index < -0.39 is 24.9 Å². The van der Waals surface area contributed by atoms with Crippen molar-refractivity contribution in [1.29, 1.82) is 0 Å². The Hall–Kier alpha value is -0.160. The van der Waals surface area contributed by atoms with Crippen LogP contribution in [0.25, 0.3) is 0 Å². The van der Waals surface area contributed by atoms with Gasteiger partial charge in [0.05, 0.1) is 18.8 Å². The first kappa shape index (κ1) is 9.84. The third-order valence-electron chi connectivity index (χ3n) is 1.06. The predicted molar refractivity (Wildman–Crippen MR) is 35.1 cm³/mol. The second-order valence-electron chi connectivity index (χ2n) is 2.17. The van der Waals surface area contributed by atoms with Crippen LogP contribution in [0, 0.1) is 6.42 Å². The highest BCUT2D eigenvalue weighted by Crippen LogP contribution is 2.00. The largest absolute Gasteiger partial charge is 0.394 e. The van der Waals surface area contributed by atoms with Crippen molar-refractivity contribution in [2.24, 2.45) is 0 Å². The van der Waals surface area contributed by atoms with Crippen molar-refractivity contribution in [3.63, 3.8) is 0 Å². The molecule has 0 spiro atoms. The van der Waals surface area contributed by atoms with Gasteiger partial charge in [-0.2, -0.15) is 0 Å². The smallest absolute Gasteiger partial charge is 0.103 e. The first-order valence-corrected chi connectivity index (χ1v) is 3.08. The van der Waals surface area contributed by atoms with E-state index in [9.17, 15) is 0 Å². The number of aliphatic hydroxyl groups is 4. The molecular formula is C6H13O4. The zero-order chi connectivity index (χ0) is 8.15. The Labute approximate surface area is 59.7 Å². The second kappa shape index (κ2) is 4.62. The molecule has 0 aliphatic carbocycles. The summed E-state index contributed by atoms with van der Waals surface area (Å²) in [5.74, 6) is 0. The van der Waals surface area contributed by atoms with Crippen LogP contribution in [0.5, 0.6) is 0 Å². The van der Waals surface area contributed by atoms with Gasteiger partial charge in [-0.3, -0.25) is 0 Å². The lowest BCUT2D eigenvalue weighted by molar-refractivity contribution is -0.00749. The molecule has 10 heavy (non-hydrogen) atoms. The van der Waals surface area contributed by atoms with Crippen molar-refractivity contribution in [3.8, 4) is 0 Å². The molecule has 0 bridgehead atoms. The van der Waals surface area contributed by atoms with Gasteiger partial charge in [-0.15, -0.1) is 0 Å². The minimum Gasteiger partial charge on any atom is -0.394 e. The van der Waals surface area contributed by atoms with Gasteiger partial charge >= 0.3 is 0 Å². The highest BCUT2D eigenvalue weighted by molar-refractivity contribution is 4.85. The van der Waals surface area contributed by atoms with Crippen LogP contribution in [0.1, 0.15) is 6.92 Å². The fraction of sp³-hybridized carbons (Fsp3) is 0.833. The molecule has 0 aromatic carbocycles. The molecule has 4 nitrogen and oxygen atoms in total. The monoisotopic (exact) mass is 149 g/mol. The van der Waals surface area contributed by atoms with Crippen molar-refractivity contribution in [2.45, 2.75) is 25.2 Å². The van der Waals surface area contributed by atoms with Crippen LogP contribution in [0.3, 0.4) is 0 Å². The number of hydrogen-bond acceptors (Lipinski definition) is 4. The van der Waals surface area contributed by atoms with E-state index in [4.69, 9.17) is 20.4 Å². The normalized spacial score (nSPS) is 20.1. The van der Waals surface area contributed by atoms with E-state index >= 15 is 0 Å². The van der Waals surface area contributed by atoms with Crippen LogP contribution in [-0.2, 0) is 0 Å². The molecule has 0 fully saturated rings. The molecule has 0 aliphatic rings. The number of rotatable bonds is 4. The summed E-state index contributed by atoms with van der Waals surface area (Å²) in [6, 6.07) is 0. The van der Waals surface area contributed by atoms with Crippen molar-refractivity contribution >= 4 is 0 Å². The lowest BCUT2D eigenvalue weighted by Crippen LogP contribution is -2.32. The van der Waals surface area contributed by atoms with Gasteiger partial charge in [0, 0.05) is 6.42 Å². The highest BCUT2D eigenvalue weighted by atomic mass is 16.4. The maximum Gasteiger partial charge on any atom is 0.103 e. The molecule has 3 unspecified atom stereocenters. The first-order chi connectivity index (χ1) is 4.57. The SMILES string of the molecule is CC(O)[CH]C(O)C(O)CO. The lowest BCUT2D eigenvalue weighted by atomic mass is 10.1. The molecule has 0 aliphatic heterocycles. The summed E-state index contributed by atoms with van der Waals surface area (Å²) in [4.78, 5) is 0. The Bertz CT molecular complexity index is 83.8. The van der Waals surface area contributed by atoms with Crippen molar-refractivity contribution in [3.05, 3.63) is 6.42 Å². The molecule has 0 aromatic rings. The summed E-state index contributed by atoms with van der Waals surface area (Å²) >= 11 is 0. The van der Waals surface area contributed by atoms with Gasteiger partial charge in [-0.05, 0) is 6.92 Å². The van der Waals surface area contributed by atoms with E-state index in [1.54, 1.807) is 0 Å². The van der Waals surface area contributed by atoms with E-state index in [0.717, 1.165) is 6.42 Å². The molecule has 0 rings (SSSR count). The van der Waals surface area contributed by atoms with Crippen LogP contribution >= 0.6 is 0 Å². The van der Waals surface area contributed by atoms with Crippen LogP contribution in [0.4, 0.5) is 0 Å². The number of aliphatic hydroxyl groups excluding tert-OH is 4. The molecule has 61 valence electrons. The van der Waals surface area contributed by atoms with E-state index in [2.05, 4.69) is 0 Å². The average Bonchev–Trinajstić information content (AvgIpc) is 1.85. The Morgan fingerprint density at radius 1 is 1.30 bits per heavy atom. The fourth-order valence-corrected chi connectivity index (χ4v) is 0.522. The fourth-order valence-electron chi connectivity index (χ4n) is 0.522. The maximum atomic E-state index is 8.86. The van der Waals surface area contributed by atoms with Gasteiger partial charge in [-0.25, -0.2) is 0 Å². The minimum absolute atomic E-state index is 0.510. The summed E-state index contributed by atoms with van der Waals surface area (Å²) in [5, 5.41) is 34.6. The average molecular weight is 149 g/mol. The van der Waals surface area contributed by atoms with E-state index in [1.165, 1.54) is 6.92 Å². The van der Waals surface area contributed by atoms with Gasteiger partial charge in [0.1, 0.15) is 6.10 Å². The van der Waals surface area contributed by atoms with Crippen molar-refractivity contribution in [1.82, 2.24) is 0 Å². The summed E-state index contributed by atoms with van der Waals surface area (Å²) in [6.45, 7) is 0.942. The molecule has 4 heteroatoms. The molecule has 0 saturated carbocycles. The number of hydrogen-bond donors (Lipinski definition) is 4. The van der Waals surface area contributed by atoms with Gasteiger partial charge in [0.2, 0.25) is 0 Å². The lowest BCUT2D eigenvalue weighted by Gasteiger charge is -2.15. The Morgan fingerprint density at radius 3 is 2.10 bits per heavy atom. The zero-order valence-electron chi connectivity index (χ0n) is 5.81. The quantitative estimate of drug-likeness (QED) is 0.383. The highest BCUT2D eigenvalue weighted by Gasteiger charge is 2.16. The van der Waals surface area contributed by atoms with Gasteiger partial charge in [0.15, 0.2) is 0 Å². The minimum atomic E-state index is -1.20. The third kappa shape index (κ3) is 3.79. The molecule has 4 N–H and O–H groups in total. The zero-order valence-corrected chi connectivity index (χ0v) is 5.81. The van der Waals surface area contributed by atoms with Crippen LogP contribution in [0.2, 0.25) is 0 Å². The van der Waals surface area contributed by atoms with E-state index in [-0.39, 0.29) is 0 Å². The topological polar surface area (TPSA) is 80.9 Å². The molecular weight excluding hydrogens is 136 g/mol. The summed E-state index contributed by atoms with van der Waals surface area (Å²) in [6.07, 6.45) is -2.00. The third-order valence-corrected chi connectivity index (χ3v) is 1.06. The molecule has 3 atom stereocenters. The van der Waals surface area contributed by atoms with Crippen molar-refractivity contribution < 1.29 is 20.4 Å². The summed E-state index contributed by atoms with van der Waals surface area (Å²) in [7, 11) is 0. The van der Waals surface area contributed by atoms with E-state index in [0.29, 0.717) is 0 Å². The summed E-state index contributed by atoms with van der Waals surface area (Å²) in [5.41, 5.74) is 0. The molecule has 1 radical (unpaired) electrons. The summed E-state index contributed by atoms with van der Waals surface area (Å²) < 4.78 is 0. The van der Waals surface area contributed by atoms with Crippen LogP contribution < -0.4 is 0 Å². The van der Waals surface area contributed by atoms with Crippen LogP contribution in [-0.4, -0.2) is 45.3 Å². The Balaban J connectivity index is 3.50. The molecule has 0 saturated heterocycles. The molecule has 0 aromatic heterocycles. The van der Waals surface area contributed by atoms with E-state index in [1.807, 2.05) is 0 Å². The molecule has 0 heterocycles. The predicted octanol–water partition coefficient (Wildman–Crippen LogP) is -1.71. The molecule has 0 amide bonds. The Morgan fingerprint density at radius 2 is 1.80 bits per heavy atom.